The van der Waals surface area contributed by atoms with Crippen LogP contribution in [0, 0.1) is 5.92 Å². The highest BCUT2D eigenvalue weighted by molar-refractivity contribution is 5.44. The molecule has 1 saturated carbocycles. The Labute approximate surface area is 97.2 Å². The monoisotopic (exact) mass is 220 g/mol. The van der Waals surface area contributed by atoms with Crippen LogP contribution in [0.5, 0.6) is 5.75 Å². The van der Waals surface area contributed by atoms with Crippen LogP contribution in [0.15, 0.2) is 18.5 Å². The van der Waals surface area contributed by atoms with Gasteiger partial charge in [-0.15, -0.1) is 0 Å². The van der Waals surface area contributed by atoms with Crippen molar-refractivity contribution in [3.8, 4) is 5.75 Å². The molecular weight excluding hydrogens is 200 g/mol. The van der Waals surface area contributed by atoms with Crippen molar-refractivity contribution in [2.45, 2.75) is 32.6 Å². The van der Waals surface area contributed by atoms with Crippen LogP contribution in [-0.2, 0) is 0 Å². The molecule has 0 aliphatic heterocycles. The zero-order valence-electron chi connectivity index (χ0n) is 9.91. The van der Waals surface area contributed by atoms with Crippen LogP contribution < -0.4 is 10.1 Å². The molecule has 16 heavy (non-hydrogen) atoms. The smallest absolute Gasteiger partial charge is 0.139 e. The highest BCUT2D eigenvalue weighted by atomic mass is 16.5. The van der Waals surface area contributed by atoms with Crippen molar-refractivity contribution in [1.29, 1.82) is 0 Å². The van der Waals surface area contributed by atoms with Crippen molar-refractivity contribution in [3.05, 3.63) is 18.5 Å². The molecular formula is C13H20N2O. The Morgan fingerprint density at radius 2 is 2.31 bits per heavy atom. The third-order valence-electron chi connectivity index (χ3n) is 3.11. The second-order valence-electron chi connectivity index (χ2n) is 4.37. The van der Waals surface area contributed by atoms with E-state index in [0.717, 1.165) is 30.5 Å². The number of hydrogen-bond donors (Lipinski definition) is 1. The molecule has 0 spiro atoms. The number of anilines is 1. The van der Waals surface area contributed by atoms with Crippen LogP contribution in [0.4, 0.5) is 5.69 Å². The molecule has 3 nitrogen and oxygen atoms in total. The average Bonchev–Trinajstić information content (AvgIpc) is 2.23. The van der Waals surface area contributed by atoms with Gasteiger partial charge in [-0.25, -0.2) is 0 Å². The van der Waals surface area contributed by atoms with E-state index in [0.29, 0.717) is 0 Å². The van der Waals surface area contributed by atoms with Crippen molar-refractivity contribution >= 4 is 5.69 Å². The predicted molar refractivity (Wildman–Crippen MR) is 65.9 cm³/mol. The molecule has 0 amide bonds. The first kappa shape index (κ1) is 11.2. The average molecular weight is 220 g/mol. The molecule has 3 heteroatoms. The summed E-state index contributed by atoms with van der Waals surface area (Å²) < 4.78 is 5.70. The summed E-state index contributed by atoms with van der Waals surface area (Å²) in [5.74, 6) is 1.78. The molecule has 0 atom stereocenters. The Bertz CT molecular complexity index is 323. The van der Waals surface area contributed by atoms with E-state index in [1.807, 2.05) is 12.3 Å². The molecule has 0 saturated heterocycles. The van der Waals surface area contributed by atoms with Gasteiger partial charge in [0.15, 0.2) is 0 Å². The normalized spacial score (nSPS) is 15.6. The van der Waals surface area contributed by atoms with E-state index in [-0.39, 0.29) is 0 Å². The summed E-state index contributed by atoms with van der Waals surface area (Å²) in [6.45, 7) is 3.80. The van der Waals surface area contributed by atoms with Gasteiger partial charge in [-0.1, -0.05) is 19.3 Å². The molecule has 2 rings (SSSR count). The molecule has 1 N–H and O–H groups in total. The molecule has 88 valence electrons. The second-order valence-corrected chi connectivity index (χ2v) is 4.37. The standard InChI is InChI=1S/C13H20N2O/c1-2-15-12-8-13(10-14-9-12)16-7-6-11-4-3-5-11/h8-11,15H,2-7H2,1H3. The Kier molecular flexibility index (Phi) is 4.03. The lowest BCUT2D eigenvalue weighted by Crippen LogP contribution is -2.14. The third kappa shape index (κ3) is 3.12. The first-order valence-corrected chi connectivity index (χ1v) is 6.20. The van der Waals surface area contributed by atoms with E-state index < -0.39 is 0 Å². The Balaban J connectivity index is 1.76. The van der Waals surface area contributed by atoms with Crippen molar-refractivity contribution in [1.82, 2.24) is 4.98 Å². The fraction of sp³-hybridized carbons (Fsp3) is 0.615. The van der Waals surface area contributed by atoms with Crippen LogP contribution in [0.2, 0.25) is 0 Å². The number of nitrogens with zero attached hydrogens (tertiary/aromatic N) is 1. The molecule has 1 heterocycles. The largest absolute Gasteiger partial charge is 0.492 e. The topological polar surface area (TPSA) is 34.2 Å². The molecule has 0 unspecified atom stereocenters. The number of nitrogens with one attached hydrogen (secondary N) is 1. The van der Waals surface area contributed by atoms with Crippen LogP contribution >= 0.6 is 0 Å². The fourth-order valence-corrected chi connectivity index (χ4v) is 1.92. The second kappa shape index (κ2) is 5.73. The first-order chi connectivity index (χ1) is 7.88. The van der Waals surface area contributed by atoms with Crippen molar-refractivity contribution in [2.75, 3.05) is 18.5 Å². The Morgan fingerprint density at radius 3 is 3.00 bits per heavy atom. The van der Waals surface area contributed by atoms with E-state index in [1.54, 1.807) is 6.20 Å². The predicted octanol–water partition coefficient (Wildman–Crippen LogP) is 3.08. The summed E-state index contributed by atoms with van der Waals surface area (Å²) in [4.78, 5) is 4.15. The first-order valence-electron chi connectivity index (χ1n) is 6.20. The van der Waals surface area contributed by atoms with Gasteiger partial charge >= 0.3 is 0 Å². The quantitative estimate of drug-likeness (QED) is 0.800. The highest BCUT2D eigenvalue weighted by Gasteiger charge is 2.16. The van der Waals surface area contributed by atoms with Gasteiger partial charge < -0.3 is 10.1 Å². The number of aromatic nitrogens is 1. The van der Waals surface area contributed by atoms with Crippen molar-refractivity contribution < 1.29 is 4.74 Å². The molecule has 1 fully saturated rings. The van der Waals surface area contributed by atoms with E-state index >= 15 is 0 Å². The molecule has 1 aliphatic carbocycles. The fourth-order valence-electron chi connectivity index (χ4n) is 1.92. The zero-order chi connectivity index (χ0) is 11.2. The van der Waals surface area contributed by atoms with Gasteiger partial charge in [0.2, 0.25) is 0 Å². The van der Waals surface area contributed by atoms with E-state index in [9.17, 15) is 0 Å². The number of pyridine rings is 1. The minimum atomic E-state index is 0.821. The minimum absolute atomic E-state index is 0.821. The van der Waals surface area contributed by atoms with E-state index in [2.05, 4.69) is 17.2 Å². The summed E-state index contributed by atoms with van der Waals surface area (Å²) in [5.41, 5.74) is 1.03. The summed E-state index contributed by atoms with van der Waals surface area (Å²) in [5, 5.41) is 3.23. The minimum Gasteiger partial charge on any atom is -0.492 e. The SMILES string of the molecule is CCNc1cncc(OCCC2CCC2)c1. The Morgan fingerprint density at radius 1 is 1.44 bits per heavy atom. The summed E-state index contributed by atoms with van der Waals surface area (Å²) in [6, 6.07) is 2.01. The van der Waals surface area contributed by atoms with E-state index in [4.69, 9.17) is 4.74 Å². The number of ether oxygens (including phenoxy) is 1. The van der Waals surface area contributed by atoms with Gasteiger partial charge in [0.05, 0.1) is 24.7 Å². The Hall–Kier alpha value is -1.25. The van der Waals surface area contributed by atoms with Crippen LogP contribution in [-0.4, -0.2) is 18.1 Å². The van der Waals surface area contributed by atoms with Gasteiger partial charge in [0, 0.05) is 12.6 Å². The molecule has 0 radical (unpaired) electrons. The molecule has 0 aromatic carbocycles. The lowest BCUT2D eigenvalue weighted by Gasteiger charge is -2.24. The van der Waals surface area contributed by atoms with E-state index in [1.165, 1.54) is 25.7 Å². The number of rotatable bonds is 6. The van der Waals surface area contributed by atoms with Gasteiger partial charge in [0.25, 0.3) is 0 Å². The zero-order valence-corrected chi connectivity index (χ0v) is 9.91. The summed E-state index contributed by atoms with van der Waals surface area (Å²) in [6.07, 6.45) is 8.97. The highest BCUT2D eigenvalue weighted by Crippen LogP contribution is 2.29. The maximum Gasteiger partial charge on any atom is 0.139 e. The van der Waals surface area contributed by atoms with Gasteiger partial charge in [-0.05, 0) is 19.3 Å². The molecule has 1 aromatic heterocycles. The molecule has 1 aromatic rings. The summed E-state index contributed by atoms with van der Waals surface area (Å²) >= 11 is 0. The maximum atomic E-state index is 5.70. The van der Waals surface area contributed by atoms with Crippen molar-refractivity contribution in [2.24, 2.45) is 5.92 Å². The van der Waals surface area contributed by atoms with Crippen LogP contribution in [0.1, 0.15) is 32.6 Å². The lowest BCUT2D eigenvalue weighted by molar-refractivity contribution is 0.221. The van der Waals surface area contributed by atoms with Crippen LogP contribution in [0.25, 0.3) is 0 Å². The third-order valence-corrected chi connectivity index (χ3v) is 3.11. The van der Waals surface area contributed by atoms with Gasteiger partial charge in [-0.3, -0.25) is 4.98 Å². The van der Waals surface area contributed by atoms with Crippen molar-refractivity contribution in [3.63, 3.8) is 0 Å². The lowest BCUT2D eigenvalue weighted by atomic mass is 9.83. The molecule has 1 aliphatic rings. The summed E-state index contributed by atoms with van der Waals surface area (Å²) in [7, 11) is 0. The van der Waals surface area contributed by atoms with Gasteiger partial charge in [0.1, 0.15) is 5.75 Å². The van der Waals surface area contributed by atoms with Crippen LogP contribution in [0.3, 0.4) is 0 Å². The number of hydrogen-bond acceptors (Lipinski definition) is 3. The molecule has 0 bridgehead atoms. The van der Waals surface area contributed by atoms with Gasteiger partial charge in [-0.2, -0.15) is 0 Å². The maximum absolute atomic E-state index is 5.70.